The minimum absolute atomic E-state index is 0.296. The average Bonchev–Trinajstić information content (AvgIpc) is 2.22. The number of carbonyl (C=O) groups is 1. The SMILES string of the molecule is CCOC(=O)c1c(C#N)ccc(C)c1Br. The van der Waals surface area contributed by atoms with Gasteiger partial charge in [-0.2, -0.15) is 5.26 Å². The van der Waals surface area contributed by atoms with Crippen molar-refractivity contribution in [3.63, 3.8) is 0 Å². The normalized spacial score (nSPS) is 9.47. The number of rotatable bonds is 2. The molecule has 0 aliphatic rings. The summed E-state index contributed by atoms with van der Waals surface area (Å²) < 4.78 is 5.51. The highest BCUT2D eigenvalue weighted by molar-refractivity contribution is 9.10. The van der Waals surface area contributed by atoms with E-state index in [1.807, 2.05) is 13.0 Å². The smallest absolute Gasteiger partial charge is 0.340 e. The fourth-order valence-electron chi connectivity index (χ4n) is 1.18. The molecule has 0 radical (unpaired) electrons. The third-order valence-corrected chi connectivity index (χ3v) is 2.96. The molecule has 0 atom stereocenters. The molecule has 0 saturated carbocycles. The first-order chi connectivity index (χ1) is 7.11. The number of nitrogens with zero attached hydrogens (tertiary/aromatic N) is 1. The molecule has 0 spiro atoms. The Morgan fingerprint density at radius 1 is 1.60 bits per heavy atom. The fraction of sp³-hybridized carbons (Fsp3) is 0.273. The van der Waals surface area contributed by atoms with Crippen LogP contribution in [0, 0.1) is 18.3 Å². The molecule has 0 N–H and O–H groups in total. The first kappa shape index (κ1) is 11.7. The molecule has 1 aromatic carbocycles. The Balaban J connectivity index is 3.31. The van der Waals surface area contributed by atoms with Gasteiger partial charge in [0, 0.05) is 4.47 Å². The average molecular weight is 268 g/mol. The molecule has 1 aromatic rings. The molecule has 0 unspecified atom stereocenters. The first-order valence-corrected chi connectivity index (χ1v) is 5.27. The van der Waals surface area contributed by atoms with Crippen molar-refractivity contribution < 1.29 is 9.53 Å². The van der Waals surface area contributed by atoms with Crippen LogP contribution in [0.25, 0.3) is 0 Å². The number of nitriles is 1. The van der Waals surface area contributed by atoms with Crippen LogP contribution < -0.4 is 0 Å². The van der Waals surface area contributed by atoms with Gasteiger partial charge in [0.25, 0.3) is 0 Å². The van der Waals surface area contributed by atoms with E-state index < -0.39 is 5.97 Å². The van der Waals surface area contributed by atoms with Crippen LogP contribution in [0.5, 0.6) is 0 Å². The molecule has 4 heteroatoms. The minimum atomic E-state index is -0.468. The topological polar surface area (TPSA) is 50.1 Å². The van der Waals surface area contributed by atoms with Crippen molar-refractivity contribution in [3.05, 3.63) is 33.3 Å². The summed E-state index contributed by atoms with van der Waals surface area (Å²) in [7, 11) is 0. The standard InChI is InChI=1S/C11H10BrNO2/c1-3-15-11(14)9-8(6-13)5-4-7(2)10(9)12/h4-5H,3H2,1-2H3. The van der Waals surface area contributed by atoms with Crippen LogP contribution in [-0.2, 0) is 4.74 Å². The van der Waals surface area contributed by atoms with Crippen LogP contribution in [0.1, 0.15) is 28.4 Å². The summed E-state index contributed by atoms with van der Waals surface area (Å²) in [5, 5.41) is 8.87. The van der Waals surface area contributed by atoms with E-state index in [-0.39, 0.29) is 0 Å². The molecule has 0 bridgehead atoms. The van der Waals surface area contributed by atoms with Crippen LogP contribution in [0.2, 0.25) is 0 Å². The van der Waals surface area contributed by atoms with Crippen molar-refractivity contribution in [1.82, 2.24) is 0 Å². The zero-order valence-corrected chi connectivity index (χ0v) is 10.1. The van der Waals surface area contributed by atoms with E-state index in [9.17, 15) is 4.79 Å². The van der Waals surface area contributed by atoms with E-state index in [1.54, 1.807) is 19.1 Å². The summed E-state index contributed by atoms with van der Waals surface area (Å²) in [6.45, 7) is 3.88. The largest absolute Gasteiger partial charge is 0.462 e. The van der Waals surface area contributed by atoms with E-state index in [4.69, 9.17) is 10.00 Å². The Morgan fingerprint density at radius 2 is 2.27 bits per heavy atom. The lowest BCUT2D eigenvalue weighted by atomic mass is 10.1. The van der Waals surface area contributed by atoms with Crippen molar-refractivity contribution in [1.29, 1.82) is 5.26 Å². The highest BCUT2D eigenvalue weighted by atomic mass is 79.9. The van der Waals surface area contributed by atoms with Crippen molar-refractivity contribution in [2.45, 2.75) is 13.8 Å². The Kier molecular flexibility index (Phi) is 3.87. The van der Waals surface area contributed by atoms with Gasteiger partial charge in [0.2, 0.25) is 0 Å². The summed E-state index contributed by atoms with van der Waals surface area (Å²) in [4.78, 5) is 11.6. The van der Waals surface area contributed by atoms with Crippen LogP contribution in [0.4, 0.5) is 0 Å². The zero-order chi connectivity index (χ0) is 11.4. The summed E-state index contributed by atoms with van der Waals surface area (Å²) in [6, 6.07) is 5.37. The van der Waals surface area contributed by atoms with Crippen LogP contribution in [0.15, 0.2) is 16.6 Å². The highest BCUT2D eigenvalue weighted by Crippen LogP contribution is 2.25. The Morgan fingerprint density at radius 3 is 2.80 bits per heavy atom. The Bertz CT molecular complexity index is 435. The van der Waals surface area contributed by atoms with Crippen LogP contribution in [-0.4, -0.2) is 12.6 Å². The number of carbonyl (C=O) groups excluding carboxylic acids is 1. The van der Waals surface area contributed by atoms with Gasteiger partial charge in [0.1, 0.15) is 6.07 Å². The van der Waals surface area contributed by atoms with E-state index in [2.05, 4.69) is 15.9 Å². The number of esters is 1. The van der Waals surface area contributed by atoms with Gasteiger partial charge >= 0.3 is 5.97 Å². The van der Waals surface area contributed by atoms with Crippen molar-refractivity contribution in [3.8, 4) is 6.07 Å². The fourth-order valence-corrected chi connectivity index (χ4v) is 1.68. The van der Waals surface area contributed by atoms with Gasteiger partial charge < -0.3 is 4.74 Å². The first-order valence-electron chi connectivity index (χ1n) is 4.48. The Hall–Kier alpha value is -1.34. The van der Waals surface area contributed by atoms with Gasteiger partial charge in [0.15, 0.2) is 0 Å². The van der Waals surface area contributed by atoms with Gasteiger partial charge in [-0.25, -0.2) is 4.79 Å². The maximum absolute atomic E-state index is 11.6. The van der Waals surface area contributed by atoms with Gasteiger partial charge in [-0.05, 0) is 41.4 Å². The number of benzene rings is 1. The molecule has 0 aliphatic carbocycles. The maximum Gasteiger partial charge on any atom is 0.340 e. The molecule has 0 aliphatic heterocycles. The predicted octanol–water partition coefficient (Wildman–Crippen LogP) is 2.81. The second-order valence-corrected chi connectivity index (χ2v) is 3.74. The van der Waals surface area contributed by atoms with E-state index in [0.29, 0.717) is 22.2 Å². The number of halogens is 1. The summed E-state index contributed by atoms with van der Waals surface area (Å²) >= 11 is 3.29. The molecule has 15 heavy (non-hydrogen) atoms. The quantitative estimate of drug-likeness (QED) is 0.775. The van der Waals surface area contributed by atoms with Gasteiger partial charge in [-0.1, -0.05) is 6.07 Å². The molecule has 78 valence electrons. The van der Waals surface area contributed by atoms with E-state index >= 15 is 0 Å². The second kappa shape index (κ2) is 4.94. The van der Waals surface area contributed by atoms with E-state index in [1.165, 1.54) is 0 Å². The third-order valence-electron chi connectivity index (χ3n) is 1.94. The monoisotopic (exact) mass is 267 g/mol. The van der Waals surface area contributed by atoms with Crippen LogP contribution in [0.3, 0.4) is 0 Å². The van der Waals surface area contributed by atoms with Gasteiger partial charge in [-0.15, -0.1) is 0 Å². The lowest BCUT2D eigenvalue weighted by Gasteiger charge is -2.08. The summed E-state index contributed by atoms with van der Waals surface area (Å²) in [5.41, 5.74) is 1.53. The summed E-state index contributed by atoms with van der Waals surface area (Å²) in [5.74, 6) is -0.468. The molecular weight excluding hydrogens is 258 g/mol. The Labute approximate surface area is 96.8 Å². The lowest BCUT2D eigenvalue weighted by molar-refractivity contribution is 0.0525. The summed E-state index contributed by atoms with van der Waals surface area (Å²) in [6.07, 6.45) is 0. The molecule has 0 fully saturated rings. The number of hydrogen-bond donors (Lipinski definition) is 0. The minimum Gasteiger partial charge on any atom is -0.462 e. The molecule has 0 aromatic heterocycles. The van der Waals surface area contributed by atoms with Crippen molar-refractivity contribution in [2.75, 3.05) is 6.61 Å². The van der Waals surface area contributed by atoms with Crippen molar-refractivity contribution in [2.24, 2.45) is 0 Å². The molecule has 3 nitrogen and oxygen atoms in total. The molecule has 0 amide bonds. The number of hydrogen-bond acceptors (Lipinski definition) is 3. The number of ether oxygens (including phenoxy) is 1. The lowest BCUT2D eigenvalue weighted by Crippen LogP contribution is -2.08. The zero-order valence-electron chi connectivity index (χ0n) is 8.50. The third kappa shape index (κ3) is 2.37. The van der Waals surface area contributed by atoms with Crippen molar-refractivity contribution >= 4 is 21.9 Å². The second-order valence-electron chi connectivity index (χ2n) is 2.95. The number of aryl methyl sites for hydroxylation is 1. The molecular formula is C11H10BrNO2. The van der Waals surface area contributed by atoms with Gasteiger partial charge in [-0.3, -0.25) is 0 Å². The predicted molar refractivity (Wildman–Crippen MR) is 59.6 cm³/mol. The van der Waals surface area contributed by atoms with Crippen LogP contribution >= 0.6 is 15.9 Å². The maximum atomic E-state index is 11.6. The molecule has 1 rings (SSSR count). The molecule has 0 saturated heterocycles. The molecule has 0 heterocycles. The highest BCUT2D eigenvalue weighted by Gasteiger charge is 2.17. The van der Waals surface area contributed by atoms with E-state index in [0.717, 1.165) is 5.56 Å². The van der Waals surface area contributed by atoms with Gasteiger partial charge in [0.05, 0.1) is 17.7 Å².